The summed E-state index contributed by atoms with van der Waals surface area (Å²) in [6.07, 6.45) is 8.27. The third kappa shape index (κ3) is 3.42. The highest BCUT2D eigenvalue weighted by atomic mass is 16.3. The van der Waals surface area contributed by atoms with Crippen molar-refractivity contribution in [3.63, 3.8) is 0 Å². The summed E-state index contributed by atoms with van der Waals surface area (Å²) in [6, 6.07) is 26.0. The first-order valence-electron chi connectivity index (χ1n) is 13.5. The molecule has 3 saturated carbocycles. The molecule has 0 amide bonds. The molecule has 0 radical (unpaired) electrons. The number of aromatic nitrogens is 1. The van der Waals surface area contributed by atoms with Gasteiger partial charge in [-0.2, -0.15) is 0 Å². The Kier molecular flexibility index (Phi) is 4.59. The molecular formula is C33H32NO+. The Hall–Kier alpha value is -3.39. The third-order valence-electron chi connectivity index (χ3n) is 8.60. The highest BCUT2D eigenvalue weighted by molar-refractivity contribution is 6.09. The van der Waals surface area contributed by atoms with E-state index in [-0.39, 0.29) is 0 Å². The Bertz CT molecular complexity index is 1610. The molecule has 8 rings (SSSR count). The largest absolute Gasteiger partial charge is 0.455 e. The first-order valence-corrected chi connectivity index (χ1v) is 13.0. The van der Waals surface area contributed by atoms with Crippen LogP contribution < -0.4 is 4.57 Å². The van der Waals surface area contributed by atoms with Crippen LogP contribution in [0.1, 0.15) is 50.5 Å². The van der Waals surface area contributed by atoms with Gasteiger partial charge in [-0.1, -0.05) is 67.4 Å². The molecule has 2 heterocycles. The summed E-state index contributed by atoms with van der Waals surface area (Å²) in [5, 5.41) is 2.31. The molecule has 3 fully saturated rings. The van der Waals surface area contributed by atoms with Crippen molar-refractivity contribution in [1.82, 2.24) is 0 Å². The lowest BCUT2D eigenvalue weighted by Crippen LogP contribution is -2.30. The average Bonchev–Trinajstić information content (AvgIpc) is 3.28. The van der Waals surface area contributed by atoms with E-state index in [2.05, 4.69) is 85.4 Å². The number of fused-ring (bicyclic) bond motifs is 6. The molecule has 0 N–H and O–H groups in total. The van der Waals surface area contributed by atoms with Gasteiger partial charge < -0.3 is 4.42 Å². The predicted molar refractivity (Wildman–Crippen MR) is 143 cm³/mol. The van der Waals surface area contributed by atoms with Crippen molar-refractivity contribution in [3.8, 4) is 22.4 Å². The zero-order chi connectivity index (χ0) is 24.4. The second-order valence-corrected chi connectivity index (χ2v) is 10.7. The molecule has 3 aliphatic carbocycles. The van der Waals surface area contributed by atoms with E-state index in [1.54, 1.807) is 0 Å². The minimum Gasteiger partial charge on any atom is -0.455 e. The van der Waals surface area contributed by atoms with Crippen molar-refractivity contribution in [2.75, 3.05) is 0 Å². The summed E-state index contributed by atoms with van der Waals surface area (Å²) in [5.41, 5.74) is 8.94. The maximum Gasteiger partial charge on any atom is 0.216 e. The molecule has 2 heteroatoms. The van der Waals surface area contributed by atoms with Gasteiger partial charge >= 0.3 is 0 Å². The van der Waals surface area contributed by atoms with E-state index in [0.717, 1.165) is 45.5 Å². The molecule has 5 aromatic rings. The summed E-state index contributed by atoms with van der Waals surface area (Å²) >= 11 is 0. The van der Waals surface area contributed by atoms with Crippen molar-refractivity contribution in [2.24, 2.45) is 18.9 Å². The maximum atomic E-state index is 9.33. The van der Waals surface area contributed by atoms with Gasteiger partial charge in [0.25, 0.3) is 0 Å². The molecule has 0 saturated heterocycles. The van der Waals surface area contributed by atoms with Gasteiger partial charge in [-0.3, -0.25) is 0 Å². The summed E-state index contributed by atoms with van der Waals surface area (Å²) < 4.78 is 17.9. The number of benzene rings is 3. The summed E-state index contributed by atoms with van der Waals surface area (Å²) in [4.78, 5) is 0. The highest BCUT2D eigenvalue weighted by Crippen LogP contribution is 2.49. The number of pyridine rings is 1. The van der Waals surface area contributed by atoms with Crippen LogP contribution in [0.5, 0.6) is 0 Å². The van der Waals surface area contributed by atoms with Gasteiger partial charge in [0.15, 0.2) is 6.20 Å². The van der Waals surface area contributed by atoms with Crippen molar-refractivity contribution in [1.29, 1.82) is 0 Å². The normalized spacial score (nSPS) is 24.2. The van der Waals surface area contributed by atoms with Crippen molar-refractivity contribution < 1.29 is 10.4 Å². The third-order valence-corrected chi connectivity index (χ3v) is 8.60. The van der Waals surface area contributed by atoms with E-state index in [1.807, 2.05) is 12.1 Å². The highest BCUT2D eigenvalue weighted by Gasteiger charge is 2.36. The molecule has 0 spiro atoms. The molecule has 2 bridgehead atoms. The van der Waals surface area contributed by atoms with Crippen molar-refractivity contribution in [3.05, 3.63) is 90.1 Å². The fourth-order valence-corrected chi connectivity index (χ4v) is 6.63. The molecule has 2 aromatic heterocycles. The van der Waals surface area contributed by atoms with Crippen LogP contribution in [-0.2, 0) is 7.05 Å². The van der Waals surface area contributed by atoms with E-state index in [4.69, 9.17) is 4.42 Å². The zero-order valence-corrected chi connectivity index (χ0v) is 20.6. The fraction of sp³-hybridized carbons (Fsp3) is 0.303. The van der Waals surface area contributed by atoms with E-state index in [9.17, 15) is 1.37 Å². The van der Waals surface area contributed by atoms with Crippen LogP contribution in [0.2, 0.25) is 0 Å². The quantitative estimate of drug-likeness (QED) is 0.248. The van der Waals surface area contributed by atoms with Crippen LogP contribution >= 0.6 is 0 Å². The monoisotopic (exact) mass is 459 g/mol. The van der Waals surface area contributed by atoms with Gasteiger partial charge in [-0.05, 0) is 72.2 Å². The van der Waals surface area contributed by atoms with E-state index in [0.29, 0.717) is 5.92 Å². The molecular weight excluding hydrogens is 426 g/mol. The number of aryl methyl sites for hydroxylation is 2. The van der Waals surface area contributed by atoms with Crippen LogP contribution in [0.25, 0.3) is 44.3 Å². The Labute approximate surface area is 208 Å². The Morgan fingerprint density at radius 2 is 1.66 bits per heavy atom. The molecule has 1 unspecified atom stereocenters. The zero-order valence-electron chi connectivity index (χ0n) is 21.6. The second kappa shape index (κ2) is 8.09. The molecule has 1 atom stereocenters. The number of rotatable bonds is 3. The number of para-hydroxylation sites is 1. The number of hydrogen-bond acceptors (Lipinski definition) is 1. The molecule has 3 aliphatic rings. The smallest absolute Gasteiger partial charge is 0.216 e. The van der Waals surface area contributed by atoms with Crippen molar-refractivity contribution in [2.45, 2.75) is 44.9 Å². The van der Waals surface area contributed by atoms with Crippen LogP contribution in [0, 0.1) is 18.8 Å². The molecule has 0 aliphatic heterocycles. The van der Waals surface area contributed by atoms with Crippen LogP contribution in [0.15, 0.2) is 83.4 Å². The van der Waals surface area contributed by atoms with Gasteiger partial charge in [0.1, 0.15) is 18.2 Å². The van der Waals surface area contributed by atoms with Gasteiger partial charge in [0.2, 0.25) is 5.69 Å². The fourth-order valence-electron chi connectivity index (χ4n) is 6.63. The van der Waals surface area contributed by atoms with Crippen LogP contribution in [-0.4, -0.2) is 0 Å². The predicted octanol–water partition coefficient (Wildman–Crippen LogP) is 8.35. The summed E-state index contributed by atoms with van der Waals surface area (Å²) in [7, 11) is 2.10. The number of furan rings is 1. The minimum absolute atomic E-state index is 0.401. The minimum atomic E-state index is -0.401. The number of nitrogens with zero attached hydrogens (tertiary/aromatic N) is 1. The van der Waals surface area contributed by atoms with Crippen LogP contribution in [0.4, 0.5) is 0 Å². The SMILES string of the molecule is [2H]C1(c2ccc(-c3cc[n+](C)c(-c4c(C)ccc5c4oc4ccccc45)c3)cc2)CC2CCC1CC2. The van der Waals surface area contributed by atoms with E-state index >= 15 is 0 Å². The number of hydrogen-bond donors (Lipinski definition) is 0. The first kappa shape index (κ1) is 19.9. The molecule has 174 valence electrons. The maximum absolute atomic E-state index is 9.33. The van der Waals surface area contributed by atoms with Gasteiger partial charge in [-0.15, -0.1) is 0 Å². The molecule has 35 heavy (non-hydrogen) atoms. The Balaban J connectivity index is 1.31. The Morgan fingerprint density at radius 3 is 2.43 bits per heavy atom. The van der Waals surface area contributed by atoms with Gasteiger partial charge in [0.05, 0.1) is 5.56 Å². The lowest BCUT2D eigenvalue weighted by atomic mass is 9.63. The average molecular weight is 460 g/mol. The lowest BCUT2D eigenvalue weighted by Gasteiger charge is -2.42. The molecule has 2 nitrogen and oxygen atoms in total. The van der Waals surface area contributed by atoms with E-state index < -0.39 is 5.89 Å². The lowest BCUT2D eigenvalue weighted by molar-refractivity contribution is -0.660. The summed E-state index contributed by atoms with van der Waals surface area (Å²) in [5.74, 6) is 0.859. The van der Waals surface area contributed by atoms with Gasteiger partial charge in [0, 0.05) is 24.3 Å². The van der Waals surface area contributed by atoms with Crippen LogP contribution in [0.3, 0.4) is 0 Å². The Morgan fingerprint density at radius 1 is 0.857 bits per heavy atom. The topological polar surface area (TPSA) is 17.0 Å². The second-order valence-electron chi connectivity index (χ2n) is 10.7. The molecule has 3 aromatic carbocycles. The van der Waals surface area contributed by atoms with Gasteiger partial charge in [-0.25, -0.2) is 4.57 Å². The van der Waals surface area contributed by atoms with Crippen molar-refractivity contribution >= 4 is 21.9 Å². The summed E-state index contributed by atoms with van der Waals surface area (Å²) in [6.45, 7) is 2.16. The first-order chi connectivity index (χ1) is 17.5. The standard InChI is InChI=1S/C33H32NO/c1-21-7-16-28-27-5-3-4-6-31(27)35-33(28)32(21)30-20-26(17-18-34(30)2)23-12-14-25(15-13-23)29-19-22-8-10-24(29)11-9-22/h3-7,12-18,20,22,24,29H,8-11,19H2,1-2H3/q+1/i29D. The van der Waals surface area contributed by atoms with E-state index in [1.165, 1.54) is 47.9 Å².